The first-order valence-electron chi connectivity index (χ1n) is 7.64. The van der Waals surface area contributed by atoms with Crippen molar-refractivity contribution in [3.63, 3.8) is 0 Å². The van der Waals surface area contributed by atoms with Crippen molar-refractivity contribution < 1.29 is 24.5 Å². The van der Waals surface area contributed by atoms with Crippen LogP contribution in [-0.4, -0.2) is 33.8 Å². The van der Waals surface area contributed by atoms with Gasteiger partial charge in [0.1, 0.15) is 17.1 Å². The maximum atomic E-state index is 11.9. The molecule has 0 spiro atoms. The van der Waals surface area contributed by atoms with Crippen molar-refractivity contribution >= 4 is 34.9 Å². The van der Waals surface area contributed by atoms with E-state index >= 15 is 0 Å². The van der Waals surface area contributed by atoms with Crippen LogP contribution in [0.15, 0.2) is 36.4 Å². The Morgan fingerprint density at radius 2 is 1.85 bits per heavy atom. The first kappa shape index (κ1) is 19.2. The SMILES string of the molecule is Cc1ccccc1OCC(=O)NC(=S)Nc1cc(C)c(O)c(C(=O)O)c1. The zero-order valence-electron chi connectivity index (χ0n) is 14.2. The van der Waals surface area contributed by atoms with Crippen LogP contribution < -0.4 is 15.4 Å². The van der Waals surface area contributed by atoms with Gasteiger partial charge in [-0.05, 0) is 55.4 Å². The summed E-state index contributed by atoms with van der Waals surface area (Å²) in [6, 6.07) is 10.0. The van der Waals surface area contributed by atoms with E-state index in [4.69, 9.17) is 22.1 Å². The van der Waals surface area contributed by atoms with Gasteiger partial charge in [0, 0.05) is 5.69 Å². The number of hydrogen-bond acceptors (Lipinski definition) is 5. The number of aromatic hydroxyl groups is 1. The predicted molar refractivity (Wildman–Crippen MR) is 101 cm³/mol. The number of carboxylic acids is 1. The number of anilines is 1. The fourth-order valence-electron chi connectivity index (χ4n) is 2.20. The zero-order valence-corrected chi connectivity index (χ0v) is 15.0. The summed E-state index contributed by atoms with van der Waals surface area (Å²) in [5, 5.41) is 24.0. The fraction of sp³-hybridized carbons (Fsp3) is 0.167. The molecule has 0 aliphatic carbocycles. The summed E-state index contributed by atoms with van der Waals surface area (Å²) < 4.78 is 5.42. The monoisotopic (exact) mass is 374 g/mol. The van der Waals surface area contributed by atoms with Gasteiger partial charge in [0.2, 0.25) is 0 Å². The summed E-state index contributed by atoms with van der Waals surface area (Å²) in [4.78, 5) is 23.1. The molecule has 0 aliphatic heterocycles. The fourth-order valence-corrected chi connectivity index (χ4v) is 2.43. The van der Waals surface area contributed by atoms with E-state index in [9.17, 15) is 14.7 Å². The van der Waals surface area contributed by atoms with Crippen LogP contribution in [-0.2, 0) is 4.79 Å². The van der Waals surface area contributed by atoms with Gasteiger partial charge in [-0.2, -0.15) is 0 Å². The molecule has 0 bridgehead atoms. The molecule has 0 aliphatic rings. The average molecular weight is 374 g/mol. The molecule has 2 rings (SSSR count). The van der Waals surface area contributed by atoms with Gasteiger partial charge in [-0.15, -0.1) is 0 Å². The first-order chi connectivity index (χ1) is 12.3. The van der Waals surface area contributed by atoms with Crippen molar-refractivity contribution in [3.05, 3.63) is 53.1 Å². The van der Waals surface area contributed by atoms with E-state index in [0.717, 1.165) is 5.56 Å². The minimum absolute atomic E-state index is 0.00943. The normalized spacial score (nSPS) is 10.1. The zero-order chi connectivity index (χ0) is 19.3. The summed E-state index contributed by atoms with van der Waals surface area (Å²) in [5.74, 6) is -1.44. The van der Waals surface area contributed by atoms with Crippen LogP contribution in [0.2, 0.25) is 0 Å². The van der Waals surface area contributed by atoms with Crippen molar-refractivity contribution in [3.8, 4) is 11.5 Å². The van der Waals surface area contributed by atoms with Crippen LogP contribution in [0.5, 0.6) is 11.5 Å². The number of thiocarbonyl (C=S) groups is 1. The molecule has 0 atom stereocenters. The minimum atomic E-state index is -1.27. The van der Waals surface area contributed by atoms with Crippen LogP contribution in [0.3, 0.4) is 0 Å². The number of ether oxygens (including phenoxy) is 1. The van der Waals surface area contributed by atoms with E-state index in [2.05, 4.69) is 10.6 Å². The lowest BCUT2D eigenvalue weighted by Gasteiger charge is -2.13. The molecule has 0 saturated heterocycles. The topological polar surface area (TPSA) is 108 Å². The lowest BCUT2D eigenvalue weighted by atomic mass is 10.1. The molecule has 4 N–H and O–H groups in total. The third-order valence-corrected chi connectivity index (χ3v) is 3.70. The minimum Gasteiger partial charge on any atom is -0.507 e. The number of amides is 1. The van der Waals surface area contributed by atoms with Gasteiger partial charge in [0.15, 0.2) is 11.7 Å². The van der Waals surface area contributed by atoms with E-state index in [1.54, 1.807) is 19.1 Å². The van der Waals surface area contributed by atoms with Crippen molar-refractivity contribution in [2.24, 2.45) is 0 Å². The van der Waals surface area contributed by atoms with E-state index < -0.39 is 11.9 Å². The molecule has 0 fully saturated rings. The highest BCUT2D eigenvalue weighted by Gasteiger charge is 2.14. The van der Waals surface area contributed by atoms with Gasteiger partial charge in [-0.1, -0.05) is 18.2 Å². The Kier molecular flexibility index (Phi) is 6.13. The molecule has 0 heterocycles. The van der Waals surface area contributed by atoms with Crippen molar-refractivity contribution in [2.45, 2.75) is 13.8 Å². The molecular formula is C18H18N2O5S. The van der Waals surface area contributed by atoms with Crippen LogP contribution in [0.25, 0.3) is 0 Å². The van der Waals surface area contributed by atoms with Crippen molar-refractivity contribution in [1.82, 2.24) is 5.32 Å². The summed E-state index contributed by atoms with van der Waals surface area (Å²) in [7, 11) is 0. The molecule has 0 aromatic heterocycles. The number of carbonyl (C=O) groups excluding carboxylic acids is 1. The third kappa shape index (κ3) is 4.93. The summed E-state index contributed by atoms with van der Waals surface area (Å²) in [5.41, 5.74) is 1.35. The number of nitrogens with one attached hydrogen (secondary N) is 2. The lowest BCUT2D eigenvalue weighted by molar-refractivity contribution is -0.121. The second kappa shape index (κ2) is 8.30. The first-order valence-corrected chi connectivity index (χ1v) is 8.05. The van der Waals surface area contributed by atoms with Gasteiger partial charge in [-0.3, -0.25) is 10.1 Å². The Balaban J connectivity index is 1.95. The number of benzene rings is 2. The molecular weight excluding hydrogens is 356 g/mol. The summed E-state index contributed by atoms with van der Waals surface area (Å²) in [6.45, 7) is 3.21. The van der Waals surface area contributed by atoms with Gasteiger partial charge in [0.25, 0.3) is 5.91 Å². The van der Waals surface area contributed by atoms with E-state index in [-0.39, 0.29) is 23.0 Å². The standard InChI is InChI=1S/C18H18N2O5S/c1-10-5-3-4-6-14(10)25-9-15(21)20-18(26)19-12-7-11(2)16(22)13(8-12)17(23)24/h3-8,22H,9H2,1-2H3,(H,23,24)(H2,19,20,21,26). The van der Waals surface area contributed by atoms with Gasteiger partial charge in [-0.25, -0.2) is 4.79 Å². The van der Waals surface area contributed by atoms with E-state index in [1.165, 1.54) is 12.1 Å². The highest BCUT2D eigenvalue weighted by molar-refractivity contribution is 7.80. The quantitative estimate of drug-likeness (QED) is 0.471. The number of phenols is 1. The molecule has 7 nitrogen and oxygen atoms in total. The number of aromatic carboxylic acids is 1. The number of rotatable bonds is 5. The van der Waals surface area contributed by atoms with Gasteiger partial charge < -0.3 is 20.3 Å². The second-order valence-corrected chi connectivity index (χ2v) is 5.96. The molecule has 2 aromatic rings. The second-order valence-electron chi connectivity index (χ2n) is 5.55. The Labute approximate surface area is 155 Å². The molecule has 136 valence electrons. The highest BCUT2D eigenvalue weighted by atomic mass is 32.1. The number of aryl methyl sites for hydroxylation is 2. The number of hydrogen-bond donors (Lipinski definition) is 4. The third-order valence-electron chi connectivity index (χ3n) is 3.49. The van der Waals surface area contributed by atoms with Crippen molar-refractivity contribution in [1.29, 1.82) is 0 Å². The predicted octanol–water partition coefficient (Wildman–Crippen LogP) is 2.60. The molecule has 0 radical (unpaired) electrons. The highest BCUT2D eigenvalue weighted by Crippen LogP contribution is 2.26. The molecule has 0 saturated carbocycles. The smallest absolute Gasteiger partial charge is 0.339 e. The molecule has 26 heavy (non-hydrogen) atoms. The average Bonchev–Trinajstić information content (AvgIpc) is 2.56. The van der Waals surface area contributed by atoms with Crippen LogP contribution in [0.1, 0.15) is 21.5 Å². The molecule has 2 aromatic carbocycles. The Bertz CT molecular complexity index is 867. The van der Waals surface area contributed by atoms with Gasteiger partial charge in [0.05, 0.1) is 0 Å². The summed E-state index contributed by atoms with van der Waals surface area (Å²) in [6.07, 6.45) is 0. The Morgan fingerprint density at radius 3 is 2.50 bits per heavy atom. The molecule has 0 unspecified atom stereocenters. The van der Waals surface area contributed by atoms with Crippen LogP contribution >= 0.6 is 12.2 Å². The Morgan fingerprint density at radius 1 is 1.15 bits per heavy atom. The number of para-hydroxylation sites is 1. The Hall–Kier alpha value is -3.13. The summed E-state index contributed by atoms with van der Waals surface area (Å²) >= 11 is 5.05. The van der Waals surface area contributed by atoms with Crippen LogP contribution in [0.4, 0.5) is 5.69 Å². The van der Waals surface area contributed by atoms with Crippen LogP contribution in [0, 0.1) is 13.8 Å². The molecule has 1 amide bonds. The maximum Gasteiger partial charge on any atom is 0.339 e. The van der Waals surface area contributed by atoms with Crippen molar-refractivity contribution in [2.75, 3.05) is 11.9 Å². The van der Waals surface area contributed by atoms with Gasteiger partial charge >= 0.3 is 5.97 Å². The van der Waals surface area contributed by atoms with E-state index in [1.807, 2.05) is 19.1 Å². The largest absolute Gasteiger partial charge is 0.507 e. The number of carboxylic acid groups (broad SMARTS) is 1. The lowest BCUT2D eigenvalue weighted by Crippen LogP contribution is -2.37. The maximum absolute atomic E-state index is 11.9. The number of carbonyl (C=O) groups is 2. The molecule has 8 heteroatoms. The van der Waals surface area contributed by atoms with E-state index in [0.29, 0.717) is 17.0 Å².